The van der Waals surface area contributed by atoms with Crippen molar-refractivity contribution in [1.29, 1.82) is 5.26 Å². The van der Waals surface area contributed by atoms with Crippen molar-refractivity contribution in [1.82, 2.24) is 0 Å². The first kappa shape index (κ1) is 15.0. The van der Waals surface area contributed by atoms with Gasteiger partial charge in [-0.3, -0.25) is 0 Å². The van der Waals surface area contributed by atoms with Crippen molar-refractivity contribution in [2.45, 2.75) is 33.1 Å². The molecule has 0 aliphatic rings. The summed E-state index contributed by atoms with van der Waals surface area (Å²) in [4.78, 5) is 11.5. The molecule has 100 valence electrons. The fourth-order valence-corrected chi connectivity index (χ4v) is 1.67. The van der Waals surface area contributed by atoms with Gasteiger partial charge in [-0.2, -0.15) is 5.26 Å². The number of rotatable bonds is 6. The van der Waals surface area contributed by atoms with Gasteiger partial charge in [0.25, 0.3) is 0 Å². The molecule has 3 nitrogen and oxygen atoms in total. The highest BCUT2D eigenvalue weighted by Crippen LogP contribution is 2.11. The van der Waals surface area contributed by atoms with Crippen LogP contribution < -0.4 is 0 Å². The van der Waals surface area contributed by atoms with Crippen molar-refractivity contribution in [2.24, 2.45) is 0 Å². The number of nitrogens with zero attached hydrogens (tertiary/aromatic N) is 1. The average Bonchev–Trinajstić information content (AvgIpc) is 2.44. The van der Waals surface area contributed by atoms with Gasteiger partial charge in [-0.25, -0.2) is 4.79 Å². The largest absolute Gasteiger partial charge is 0.462 e. The van der Waals surface area contributed by atoms with Gasteiger partial charge >= 0.3 is 5.97 Å². The summed E-state index contributed by atoms with van der Waals surface area (Å²) in [6, 6.07) is 9.77. The first-order valence-corrected chi connectivity index (χ1v) is 6.59. The number of ether oxygens (including phenoxy) is 1. The number of carbonyl (C=O) groups is 1. The summed E-state index contributed by atoms with van der Waals surface area (Å²) < 4.78 is 4.81. The van der Waals surface area contributed by atoms with Crippen molar-refractivity contribution < 1.29 is 9.53 Å². The van der Waals surface area contributed by atoms with E-state index < -0.39 is 5.97 Å². The summed E-state index contributed by atoms with van der Waals surface area (Å²) in [6.45, 7) is 4.15. The maximum absolute atomic E-state index is 11.5. The number of hydrogen-bond acceptors (Lipinski definition) is 3. The summed E-state index contributed by atoms with van der Waals surface area (Å²) >= 11 is 0. The van der Waals surface area contributed by atoms with Crippen LogP contribution in [-0.4, -0.2) is 12.6 Å². The fourth-order valence-electron chi connectivity index (χ4n) is 1.67. The van der Waals surface area contributed by atoms with Crippen LogP contribution in [-0.2, 0) is 16.0 Å². The van der Waals surface area contributed by atoms with Gasteiger partial charge in [0.2, 0.25) is 0 Å². The topological polar surface area (TPSA) is 50.1 Å². The van der Waals surface area contributed by atoms with Crippen molar-refractivity contribution in [3.05, 3.63) is 41.0 Å². The molecule has 0 atom stereocenters. The summed E-state index contributed by atoms with van der Waals surface area (Å²) in [5.41, 5.74) is 2.14. The van der Waals surface area contributed by atoms with E-state index in [2.05, 4.69) is 6.92 Å². The zero-order valence-electron chi connectivity index (χ0n) is 11.5. The molecule has 0 aliphatic carbocycles. The second-order valence-corrected chi connectivity index (χ2v) is 4.24. The molecule has 0 aliphatic heterocycles. The molecule has 0 unspecified atom stereocenters. The monoisotopic (exact) mass is 257 g/mol. The Bertz CT molecular complexity index is 480. The zero-order chi connectivity index (χ0) is 14.1. The highest BCUT2D eigenvalue weighted by Gasteiger charge is 2.09. The van der Waals surface area contributed by atoms with Crippen LogP contribution in [0, 0.1) is 11.3 Å². The highest BCUT2D eigenvalue weighted by molar-refractivity contribution is 5.97. The van der Waals surface area contributed by atoms with Gasteiger partial charge < -0.3 is 4.74 Å². The Hall–Kier alpha value is -2.08. The number of hydrogen-bond donors (Lipinski definition) is 0. The van der Waals surface area contributed by atoms with Crippen molar-refractivity contribution in [3.63, 3.8) is 0 Å². The van der Waals surface area contributed by atoms with E-state index in [4.69, 9.17) is 10.00 Å². The van der Waals surface area contributed by atoms with E-state index in [9.17, 15) is 4.79 Å². The van der Waals surface area contributed by atoms with E-state index in [1.165, 1.54) is 18.4 Å². The molecule has 0 fully saturated rings. The van der Waals surface area contributed by atoms with E-state index in [1.54, 1.807) is 13.0 Å². The molecule has 1 aromatic rings. The quantitative estimate of drug-likeness (QED) is 0.445. The summed E-state index contributed by atoms with van der Waals surface area (Å²) in [7, 11) is 0. The molecule has 3 heteroatoms. The maximum Gasteiger partial charge on any atom is 0.348 e. The molecule has 0 spiro atoms. The molecule has 0 saturated heterocycles. The van der Waals surface area contributed by atoms with Crippen molar-refractivity contribution in [2.75, 3.05) is 6.61 Å². The maximum atomic E-state index is 11.5. The molecule has 0 saturated carbocycles. The van der Waals surface area contributed by atoms with Crippen LogP contribution in [0.5, 0.6) is 0 Å². The Labute approximate surface area is 114 Å². The van der Waals surface area contributed by atoms with E-state index in [0.717, 1.165) is 12.0 Å². The lowest BCUT2D eigenvalue weighted by Gasteiger charge is -2.02. The lowest BCUT2D eigenvalue weighted by Crippen LogP contribution is -2.05. The van der Waals surface area contributed by atoms with Crippen LogP contribution in [0.2, 0.25) is 0 Å². The molecule has 0 heterocycles. The van der Waals surface area contributed by atoms with Crippen LogP contribution in [0.1, 0.15) is 37.8 Å². The third kappa shape index (κ3) is 4.97. The lowest BCUT2D eigenvalue weighted by molar-refractivity contribution is -0.137. The van der Waals surface area contributed by atoms with E-state index >= 15 is 0 Å². The number of benzene rings is 1. The summed E-state index contributed by atoms with van der Waals surface area (Å²) in [6.07, 6.45) is 4.95. The molecule has 0 aromatic heterocycles. The molecule has 0 bridgehead atoms. The third-order valence-electron chi connectivity index (χ3n) is 2.73. The molecule has 1 rings (SSSR count). The van der Waals surface area contributed by atoms with E-state index in [0.29, 0.717) is 0 Å². The van der Waals surface area contributed by atoms with Gasteiger partial charge in [-0.05, 0) is 37.0 Å². The van der Waals surface area contributed by atoms with E-state index in [1.807, 2.05) is 30.3 Å². The third-order valence-corrected chi connectivity index (χ3v) is 2.73. The summed E-state index contributed by atoms with van der Waals surface area (Å²) in [5.74, 6) is -0.569. The minimum Gasteiger partial charge on any atom is -0.462 e. The minimum absolute atomic E-state index is 0.0307. The standard InChI is InChI=1S/C16H19NO2/c1-3-5-6-13-7-9-14(10-8-13)11-15(12-17)16(18)19-4-2/h7-11H,3-6H2,1-2H3/b15-11+. The van der Waals surface area contributed by atoms with Crippen molar-refractivity contribution >= 4 is 12.0 Å². The molecule has 0 radical (unpaired) electrons. The van der Waals surface area contributed by atoms with Crippen molar-refractivity contribution in [3.8, 4) is 6.07 Å². The number of aryl methyl sites for hydroxylation is 1. The predicted molar refractivity (Wildman–Crippen MR) is 75.3 cm³/mol. The highest BCUT2D eigenvalue weighted by atomic mass is 16.5. The van der Waals surface area contributed by atoms with Gasteiger partial charge in [0.05, 0.1) is 6.61 Å². The second-order valence-electron chi connectivity index (χ2n) is 4.24. The second kappa shape index (κ2) is 8.10. The minimum atomic E-state index is -0.569. The molecular formula is C16H19NO2. The van der Waals surface area contributed by atoms with Gasteiger partial charge in [-0.1, -0.05) is 37.6 Å². The van der Waals surface area contributed by atoms with Crippen LogP contribution in [0.25, 0.3) is 6.08 Å². The number of carbonyl (C=O) groups excluding carboxylic acids is 1. The Balaban J connectivity index is 2.80. The number of esters is 1. The molecule has 19 heavy (non-hydrogen) atoms. The Kier molecular flexibility index (Phi) is 6.38. The fraction of sp³-hybridized carbons (Fsp3) is 0.375. The Morgan fingerprint density at radius 1 is 1.32 bits per heavy atom. The lowest BCUT2D eigenvalue weighted by atomic mass is 10.1. The van der Waals surface area contributed by atoms with Crippen LogP contribution >= 0.6 is 0 Å². The first-order chi connectivity index (χ1) is 9.21. The number of nitriles is 1. The van der Waals surface area contributed by atoms with Crippen LogP contribution in [0.4, 0.5) is 0 Å². The zero-order valence-corrected chi connectivity index (χ0v) is 11.5. The Morgan fingerprint density at radius 2 is 2.00 bits per heavy atom. The summed E-state index contributed by atoms with van der Waals surface area (Å²) in [5, 5.41) is 8.94. The molecule has 1 aromatic carbocycles. The van der Waals surface area contributed by atoms with E-state index in [-0.39, 0.29) is 12.2 Å². The number of unbranched alkanes of at least 4 members (excludes halogenated alkanes) is 1. The van der Waals surface area contributed by atoms with Gasteiger partial charge in [0, 0.05) is 0 Å². The first-order valence-electron chi connectivity index (χ1n) is 6.59. The SMILES string of the molecule is CCCCc1ccc(/C=C(\C#N)C(=O)OCC)cc1. The molecule has 0 N–H and O–H groups in total. The smallest absolute Gasteiger partial charge is 0.348 e. The van der Waals surface area contributed by atoms with Crippen LogP contribution in [0.15, 0.2) is 29.8 Å². The predicted octanol–water partition coefficient (Wildman–Crippen LogP) is 3.50. The van der Waals surface area contributed by atoms with Gasteiger partial charge in [0.15, 0.2) is 0 Å². The normalized spacial score (nSPS) is 10.9. The van der Waals surface area contributed by atoms with Crippen LogP contribution in [0.3, 0.4) is 0 Å². The molecule has 0 amide bonds. The Morgan fingerprint density at radius 3 is 2.53 bits per heavy atom. The molecular weight excluding hydrogens is 238 g/mol. The van der Waals surface area contributed by atoms with Gasteiger partial charge in [-0.15, -0.1) is 0 Å². The average molecular weight is 257 g/mol. The van der Waals surface area contributed by atoms with Gasteiger partial charge in [0.1, 0.15) is 11.6 Å².